The van der Waals surface area contributed by atoms with E-state index in [1.54, 1.807) is 0 Å². The van der Waals surface area contributed by atoms with Crippen molar-refractivity contribution in [3.8, 4) is 0 Å². The molecule has 1 aromatic carbocycles. The predicted octanol–water partition coefficient (Wildman–Crippen LogP) is 1.05. The smallest absolute Gasteiger partial charge is 0.0594 e. The summed E-state index contributed by atoms with van der Waals surface area (Å²) >= 11 is 0. The zero-order valence-corrected chi connectivity index (χ0v) is 12.1. The van der Waals surface area contributed by atoms with Crippen LogP contribution in [0, 0.1) is 0 Å². The first-order valence-corrected chi connectivity index (χ1v) is 7.67. The second kappa shape index (κ2) is 6.68. The Balaban J connectivity index is 1.54. The zero-order chi connectivity index (χ0) is 13.8. The Morgan fingerprint density at radius 1 is 1.15 bits per heavy atom. The van der Waals surface area contributed by atoms with Gasteiger partial charge in [-0.25, -0.2) is 0 Å². The molecule has 0 spiro atoms. The number of benzene rings is 1. The number of likely N-dealkylation sites (tertiary alicyclic amines) is 1. The summed E-state index contributed by atoms with van der Waals surface area (Å²) in [6, 6.07) is 9.39. The third-order valence-corrected chi connectivity index (χ3v) is 4.44. The summed E-state index contributed by atoms with van der Waals surface area (Å²) in [5.41, 5.74) is 8.33. The van der Waals surface area contributed by atoms with Crippen LogP contribution in [0.1, 0.15) is 17.5 Å². The van der Waals surface area contributed by atoms with E-state index in [0.29, 0.717) is 6.54 Å². The van der Waals surface area contributed by atoms with E-state index in [9.17, 15) is 0 Å². The Morgan fingerprint density at radius 2 is 1.95 bits per heavy atom. The second-order valence-corrected chi connectivity index (χ2v) is 5.85. The molecule has 0 saturated carbocycles. The van der Waals surface area contributed by atoms with Crippen LogP contribution >= 0.6 is 0 Å². The maximum absolute atomic E-state index is 5.71. The molecule has 1 aromatic rings. The molecule has 0 radical (unpaired) electrons. The first kappa shape index (κ1) is 14.0. The highest BCUT2D eigenvalue weighted by Gasteiger charge is 2.28. The number of hydrogen-bond donors (Lipinski definition) is 1. The Bertz CT molecular complexity index is 431. The van der Waals surface area contributed by atoms with E-state index < -0.39 is 0 Å². The lowest BCUT2D eigenvalue weighted by Crippen LogP contribution is -2.44. The topological polar surface area (TPSA) is 41.7 Å². The normalized spacial score (nSPS) is 25.1. The van der Waals surface area contributed by atoms with Crippen molar-refractivity contribution in [3.05, 3.63) is 35.4 Å². The van der Waals surface area contributed by atoms with Gasteiger partial charge in [0, 0.05) is 45.3 Å². The van der Waals surface area contributed by atoms with Crippen LogP contribution in [0.15, 0.2) is 24.3 Å². The van der Waals surface area contributed by atoms with Gasteiger partial charge in [0.1, 0.15) is 0 Å². The lowest BCUT2D eigenvalue weighted by Gasteiger charge is -2.32. The van der Waals surface area contributed by atoms with Gasteiger partial charge in [0.05, 0.1) is 13.2 Å². The highest BCUT2D eigenvalue weighted by Crippen LogP contribution is 2.19. The van der Waals surface area contributed by atoms with E-state index >= 15 is 0 Å². The van der Waals surface area contributed by atoms with Crippen molar-refractivity contribution < 1.29 is 4.74 Å². The molecular formula is C16H25N3O. The highest BCUT2D eigenvalue weighted by molar-refractivity contribution is 5.23. The molecule has 2 heterocycles. The van der Waals surface area contributed by atoms with Crippen LogP contribution in [0.3, 0.4) is 0 Å². The summed E-state index contributed by atoms with van der Waals surface area (Å²) in [6.07, 6.45) is 1.29. The van der Waals surface area contributed by atoms with Crippen molar-refractivity contribution in [2.24, 2.45) is 5.73 Å². The summed E-state index contributed by atoms with van der Waals surface area (Å²) < 4.78 is 5.44. The first-order chi connectivity index (χ1) is 9.85. The molecule has 0 aliphatic carbocycles. The Labute approximate surface area is 121 Å². The number of ether oxygens (including phenoxy) is 1. The molecule has 2 aliphatic heterocycles. The standard InChI is InChI=1S/C16H25N3O/c17-11-14-2-1-3-15(10-14)12-18-5-4-16(13-18)19-6-8-20-9-7-19/h1-3,10,16H,4-9,11-13,17H2. The molecule has 4 heteroatoms. The molecule has 2 saturated heterocycles. The fourth-order valence-corrected chi connectivity index (χ4v) is 3.31. The van der Waals surface area contributed by atoms with E-state index in [1.807, 2.05) is 0 Å². The van der Waals surface area contributed by atoms with Crippen molar-refractivity contribution in [3.63, 3.8) is 0 Å². The summed E-state index contributed by atoms with van der Waals surface area (Å²) in [5, 5.41) is 0. The molecule has 20 heavy (non-hydrogen) atoms. The van der Waals surface area contributed by atoms with Crippen LogP contribution in [-0.4, -0.2) is 55.2 Å². The molecule has 1 unspecified atom stereocenters. The number of morpholine rings is 1. The Morgan fingerprint density at radius 3 is 2.75 bits per heavy atom. The fourth-order valence-electron chi connectivity index (χ4n) is 3.31. The third-order valence-electron chi connectivity index (χ3n) is 4.44. The quantitative estimate of drug-likeness (QED) is 0.892. The van der Waals surface area contributed by atoms with Crippen molar-refractivity contribution in [1.82, 2.24) is 9.80 Å². The molecule has 2 aliphatic rings. The number of nitrogens with two attached hydrogens (primary N) is 1. The van der Waals surface area contributed by atoms with Gasteiger partial charge >= 0.3 is 0 Å². The average Bonchev–Trinajstić information content (AvgIpc) is 2.97. The number of nitrogens with zero attached hydrogens (tertiary/aromatic N) is 2. The molecule has 2 N–H and O–H groups in total. The molecule has 3 rings (SSSR count). The van der Waals surface area contributed by atoms with Crippen molar-refractivity contribution in [1.29, 1.82) is 0 Å². The summed E-state index contributed by atoms with van der Waals surface area (Å²) in [6.45, 7) is 8.06. The molecule has 2 fully saturated rings. The zero-order valence-electron chi connectivity index (χ0n) is 12.1. The minimum atomic E-state index is 0.629. The predicted molar refractivity (Wildman–Crippen MR) is 80.4 cm³/mol. The highest BCUT2D eigenvalue weighted by atomic mass is 16.5. The van der Waals surface area contributed by atoms with Gasteiger partial charge < -0.3 is 10.5 Å². The van der Waals surface area contributed by atoms with Gasteiger partial charge in [-0.3, -0.25) is 9.80 Å². The molecular weight excluding hydrogens is 250 g/mol. The molecule has 1 atom stereocenters. The van der Waals surface area contributed by atoms with Crippen LogP contribution in [0.2, 0.25) is 0 Å². The maximum Gasteiger partial charge on any atom is 0.0594 e. The SMILES string of the molecule is NCc1cccc(CN2CCC(N3CCOCC3)C2)c1. The average molecular weight is 275 g/mol. The van der Waals surface area contributed by atoms with Gasteiger partial charge in [0.2, 0.25) is 0 Å². The van der Waals surface area contributed by atoms with Gasteiger partial charge in [0.15, 0.2) is 0 Å². The van der Waals surface area contributed by atoms with E-state index in [4.69, 9.17) is 10.5 Å². The van der Waals surface area contributed by atoms with Gasteiger partial charge in [-0.2, -0.15) is 0 Å². The van der Waals surface area contributed by atoms with Crippen molar-refractivity contribution in [2.45, 2.75) is 25.6 Å². The third kappa shape index (κ3) is 3.38. The van der Waals surface area contributed by atoms with Crippen LogP contribution in [0.5, 0.6) is 0 Å². The van der Waals surface area contributed by atoms with E-state index in [2.05, 4.69) is 34.1 Å². The molecule has 0 amide bonds. The number of hydrogen-bond acceptors (Lipinski definition) is 4. The van der Waals surface area contributed by atoms with Gasteiger partial charge in [0.25, 0.3) is 0 Å². The fraction of sp³-hybridized carbons (Fsp3) is 0.625. The summed E-state index contributed by atoms with van der Waals surface area (Å²) in [5.74, 6) is 0. The van der Waals surface area contributed by atoms with Gasteiger partial charge in [-0.05, 0) is 17.5 Å². The lowest BCUT2D eigenvalue weighted by molar-refractivity contribution is 0.0184. The largest absolute Gasteiger partial charge is 0.379 e. The Kier molecular flexibility index (Phi) is 4.68. The van der Waals surface area contributed by atoms with Crippen molar-refractivity contribution in [2.75, 3.05) is 39.4 Å². The minimum absolute atomic E-state index is 0.629. The van der Waals surface area contributed by atoms with E-state index in [-0.39, 0.29) is 0 Å². The molecule has 0 bridgehead atoms. The van der Waals surface area contributed by atoms with Crippen LogP contribution in [0.4, 0.5) is 0 Å². The molecule has 110 valence electrons. The van der Waals surface area contributed by atoms with E-state index in [1.165, 1.54) is 30.6 Å². The maximum atomic E-state index is 5.71. The van der Waals surface area contributed by atoms with Gasteiger partial charge in [-0.1, -0.05) is 24.3 Å². The van der Waals surface area contributed by atoms with Crippen molar-refractivity contribution >= 4 is 0 Å². The molecule has 0 aromatic heterocycles. The van der Waals surface area contributed by atoms with E-state index in [0.717, 1.165) is 38.9 Å². The molecule has 4 nitrogen and oxygen atoms in total. The summed E-state index contributed by atoms with van der Waals surface area (Å²) in [4.78, 5) is 5.16. The van der Waals surface area contributed by atoms with Crippen LogP contribution in [-0.2, 0) is 17.8 Å². The monoisotopic (exact) mass is 275 g/mol. The van der Waals surface area contributed by atoms with Crippen LogP contribution < -0.4 is 5.73 Å². The summed E-state index contributed by atoms with van der Waals surface area (Å²) in [7, 11) is 0. The van der Waals surface area contributed by atoms with Crippen LogP contribution in [0.25, 0.3) is 0 Å². The second-order valence-electron chi connectivity index (χ2n) is 5.85. The first-order valence-electron chi connectivity index (χ1n) is 7.67. The minimum Gasteiger partial charge on any atom is -0.379 e. The number of rotatable bonds is 4. The lowest BCUT2D eigenvalue weighted by atomic mass is 10.1. The Hall–Kier alpha value is -0.940. The van der Waals surface area contributed by atoms with Gasteiger partial charge in [-0.15, -0.1) is 0 Å².